The van der Waals surface area contributed by atoms with Crippen LogP contribution in [0.1, 0.15) is 45.9 Å². The van der Waals surface area contributed by atoms with Crippen molar-refractivity contribution in [3.63, 3.8) is 0 Å². The Morgan fingerprint density at radius 2 is 1.69 bits per heavy atom. The number of ether oxygens (including phenoxy) is 1. The number of hydrogen-bond acceptors (Lipinski definition) is 6. The number of fused-ring (bicyclic) bond motifs is 1. The molecule has 0 bridgehead atoms. The van der Waals surface area contributed by atoms with Gasteiger partial charge in [0.25, 0.3) is 0 Å². The average molecular weight is 507 g/mol. The Labute approximate surface area is 218 Å². The zero-order chi connectivity index (χ0) is 25.7. The summed E-state index contributed by atoms with van der Waals surface area (Å²) in [6.07, 6.45) is 0.992. The van der Waals surface area contributed by atoms with Crippen molar-refractivity contribution in [1.29, 1.82) is 0 Å². The van der Waals surface area contributed by atoms with Gasteiger partial charge in [-0.15, -0.1) is 11.3 Å². The maximum atomic E-state index is 12.4. The number of nitrogens with zero attached hydrogens (tertiary/aromatic N) is 4. The summed E-state index contributed by atoms with van der Waals surface area (Å²) in [6, 6.07) is 13.2. The number of benzene rings is 1. The molecule has 0 aliphatic carbocycles. The fourth-order valence-corrected chi connectivity index (χ4v) is 6.14. The van der Waals surface area contributed by atoms with Crippen molar-refractivity contribution >= 4 is 39.0 Å². The van der Waals surface area contributed by atoms with E-state index in [0.717, 1.165) is 43.0 Å². The van der Waals surface area contributed by atoms with Gasteiger partial charge in [0.2, 0.25) is 0 Å². The third-order valence-electron chi connectivity index (χ3n) is 7.06. The monoisotopic (exact) mass is 506 g/mol. The lowest BCUT2D eigenvalue weighted by atomic mass is 9.93. The van der Waals surface area contributed by atoms with E-state index < -0.39 is 5.60 Å². The highest BCUT2D eigenvalue weighted by Gasteiger charge is 2.31. The highest BCUT2D eigenvalue weighted by Crippen LogP contribution is 2.40. The Kier molecular flexibility index (Phi) is 6.39. The Hall–Kier alpha value is -2.80. The second-order valence-electron chi connectivity index (χ2n) is 11.9. The molecule has 7 heteroatoms. The minimum Gasteiger partial charge on any atom is -0.444 e. The molecule has 0 N–H and O–H groups in total. The summed E-state index contributed by atoms with van der Waals surface area (Å²) < 4.78 is 6.83. The molecule has 6 nitrogen and oxygen atoms in total. The number of anilines is 2. The van der Waals surface area contributed by atoms with Gasteiger partial charge in [-0.1, -0.05) is 26.0 Å². The minimum absolute atomic E-state index is 0.222. The standard InChI is InChI=1S/C29H38N4O2S/c1-20-17-24-26(36-20)25(33-12-11-29(5,6)19-33)18-23(30-24)21-7-9-22(10-8-21)31-13-15-32(16-14-31)27(34)35-28(2,3)4/h7-10,17-18H,11-16,19H2,1-6H3. The molecule has 1 amide bonds. The van der Waals surface area contributed by atoms with Crippen LogP contribution >= 0.6 is 11.3 Å². The number of piperazine rings is 1. The number of thiophene rings is 1. The first-order valence-electron chi connectivity index (χ1n) is 13.0. The van der Waals surface area contributed by atoms with E-state index in [2.05, 4.69) is 67.0 Å². The van der Waals surface area contributed by atoms with Gasteiger partial charge in [0, 0.05) is 55.4 Å². The van der Waals surface area contributed by atoms with Crippen LogP contribution in [0.3, 0.4) is 0 Å². The zero-order valence-corrected chi connectivity index (χ0v) is 23.2. The largest absolute Gasteiger partial charge is 0.444 e. The number of carbonyl (C=O) groups is 1. The lowest BCUT2D eigenvalue weighted by Crippen LogP contribution is -2.50. The SMILES string of the molecule is Cc1cc2nc(-c3ccc(N4CCN(C(=O)OC(C)(C)C)CC4)cc3)cc(N3CCC(C)(C)C3)c2s1. The fourth-order valence-electron chi connectivity index (χ4n) is 5.14. The Morgan fingerprint density at radius 1 is 1.00 bits per heavy atom. The van der Waals surface area contributed by atoms with Gasteiger partial charge in [-0.3, -0.25) is 0 Å². The number of carbonyl (C=O) groups excluding carboxylic acids is 1. The van der Waals surface area contributed by atoms with Crippen LogP contribution in [-0.4, -0.2) is 60.8 Å². The van der Waals surface area contributed by atoms with Gasteiger partial charge < -0.3 is 19.4 Å². The van der Waals surface area contributed by atoms with Crippen molar-refractivity contribution in [2.24, 2.45) is 5.41 Å². The van der Waals surface area contributed by atoms with Crippen LogP contribution in [0.5, 0.6) is 0 Å². The van der Waals surface area contributed by atoms with Crippen LogP contribution in [0.15, 0.2) is 36.4 Å². The third kappa shape index (κ3) is 5.31. The average Bonchev–Trinajstić information content (AvgIpc) is 3.38. The molecule has 5 rings (SSSR count). The normalized spacial score (nSPS) is 18.2. The maximum Gasteiger partial charge on any atom is 0.410 e. The van der Waals surface area contributed by atoms with Gasteiger partial charge in [0.15, 0.2) is 0 Å². The molecule has 2 aromatic heterocycles. The second kappa shape index (κ2) is 9.25. The molecule has 0 saturated carbocycles. The van der Waals surface area contributed by atoms with Crippen LogP contribution < -0.4 is 9.80 Å². The number of hydrogen-bond donors (Lipinski definition) is 0. The topological polar surface area (TPSA) is 48.9 Å². The lowest BCUT2D eigenvalue weighted by Gasteiger charge is -2.36. The zero-order valence-electron chi connectivity index (χ0n) is 22.4. The van der Waals surface area contributed by atoms with E-state index in [1.54, 1.807) is 4.90 Å². The summed E-state index contributed by atoms with van der Waals surface area (Å²) in [5, 5.41) is 0. The predicted molar refractivity (Wildman–Crippen MR) is 150 cm³/mol. The molecule has 2 aliphatic rings. The van der Waals surface area contributed by atoms with Crippen LogP contribution in [0.2, 0.25) is 0 Å². The van der Waals surface area contributed by atoms with Crippen molar-refractivity contribution in [2.75, 3.05) is 49.1 Å². The van der Waals surface area contributed by atoms with Crippen LogP contribution in [0.4, 0.5) is 16.2 Å². The molecule has 4 heterocycles. The van der Waals surface area contributed by atoms with E-state index >= 15 is 0 Å². The van der Waals surface area contributed by atoms with Crippen molar-refractivity contribution in [3.8, 4) is 11.3 Å². The minimum atomic E-state index is -0.465. The maximum absolute atomic E-state index is 12.4. The first-order valence-corrected chi connectivity index (χ1v) is 13.8. The van der Waals surface area contributed by atoms with E-state index in [1.165, 1.54) is 27.4 Å². The first kappa shape index (κ1) is 24.9. The molecule has 3 aromatic rings. The van der Waals surface area contributed by atoms with Crippen molar-refractivity contribution < 1.29 is 9.53 Å². The first-order chi connectivity index (χ1) is 17.0. The highest BCUT2D eigenvalue weighted by atomic mass is 32.1. The van der Waals surface area contributed by atoms with E-state index in [4.69, 9.17) is 9.72 Å². The lowest BCUT2D eigenvalue weighted by molar-refractivity contribution is 0.0240. The molecule has 192 valence electrons. The Morgan fingerprint density at radius 3 is 2.31 bits per heavy atom. The number of pyridine rings is 1. The van der Waals surface area contributed by atoms with Crippen LogP contribution in [-0.2, 0) is 4.74 Å². The fraction of sp³-hybridized carbons (Fsp3) is 0.517. The van der Waals surface area contributed by atoms with Crippen LogP contribution in [0, 0.1) is 12.3 Å². The summed E-state index contributed by atoms with van der Waals surface area (Å²) in [4.78, 5) is 25.4. The molecule has 36 heavy (non-hydrogen) atoms. The van der Waals surface area contributed by atoms with E-state index in [0.29, 0.717) is 18.5 Å². The number of aromatic nitrogens is 1. The van der Waals surface area contributed by atoms with Gasteiger partial charge in [-0.05, 0) is 63.8 Å². The molecule has 0 spiro atoms. The molecule has 2 fully saturated rings. The smallest absolute Gasteiger partial charge is 0.410 e. The molecule has 0 unspecified atom stereocenters. The highest BCUT2D eigenvalue weighted by molar-refractivity contribution is 7.19. The Balaban J connectivity index is 1.33. The molecule has 1 aromatic carbocycles. The summed E-state index contributed by atoms with van der Waals surface area (Å²) >= 11 is 1.85. The molecular formula is C29H38N4O2S. The van der Waals surface area contributed by atoms with Gasteiger partial charge in [0.1, 0.15) is 5.60 Å². The second-order valence-corrected chi connectivity index (χ2v) is 13.2. The van der Waals surface area contributed by atoms with E-state index in [1.807, 2.05) is 32.1 Å². The third-order valence-corrected chi connectivity index (χ3v) is 8.12. The molecule has 2 saturated heterocycles. The number of aryl methyl sites for hydroxylation is 1. The summed E-state index contributed by atoms with van der Waals surface area (Å²) in [6.45, 7) is 17.7. The molecule has 0 atom stereocenters. The van der Waals surface area contributed by atoms with Gasteiger partial charge in [-0.25, -0.2) is 9.78 Å². The van der Waals surface area contributed by atoms with Gasteiger partial charge >= 0.3 is 6.09 Å². The summed E-state index contributed by atoms with van der Waals surface area (Å²) in [5.74, 6) is 0. The molecule has 2 aliphatic heterocycles. The van der Waals surface area contributed by atoms with E-state index in [-0.39, 0.29) is 6.09 Å². The van der Waals surface area contributed by atoms with Crippen molar-refractivity contribution in [2.45, 2.75) is 53.6 Å². The van der Waals surface area contributed by atoms with Gasteiger partial charge in [-0.2, -0.15) is 0 Å². The molecular weight excluding hydrogens is 468 g/mol. The molecule has 0 radical (unpaired) electrons. The van der Waals surface area contributed by atoms with Gasteiger partial charge in [0.05, 0.1) is 21.6 Å². The Bertz CT molecular complexity index is 1250. The summed E-state index contributed by atoms with van der Waals surface area (Å²) in [5.41, 5.74) is 5.64. The van der Waals surface area contributed by atoms with Crippen molar-refractivity contribution in [1.82, 2.24) is 9.88 Å². The number of amides is 1. The van der Waals surface area contributed by atoms with E-state index in [9.17, 15) is 4.79 Å². The van der Waals surface area contributed by atoms with Crippen molar-refractivity contribution in [3.05, 3.63) is 41.3 Å². The number of rotatable bonds is 3. The van der Waals surface area contributed by atoms with Crippen LogP contribution in [0.25, 0.3) is 21.5 Å². The summed E-state index contributed by atoms with van der Waals surface area (Å²) in [7, 11) is 0. The quantitative estimate of drug-likeness (QED) is 0.402. The predicted octanol–water partition coefficient (Wildman–Crippen LogP) is 6.57.